The van der Waals surface area contributed by atoms with Gasteiger partial charge in [-0.3, -0.25) is 4.79 Å². The lowest BCUT2D eigenvalue weighted by Gasteiger charge is -2.03. The molecule has 0 aliphatic carbocycles. The molecule has 14 heavy (non-hydrogen) atoms. The van der Waals surface area contributed by atoms with Gasteiger partial charge in [0.15, 0.2) is 0 Å². The van der Waals surface area contributed by atoms with E-state index in [0.717, 1.165) is 19.3 Å². The standard InChI is InChI=1S/C11H19NO2/c1-2-3-4-5-6-7-8-10(9-12)11(13)14/h10H,2-8H2,1H3,(H,13,14). The zero-order valence-electron chi connectivity index (χ0n) is 8.83. The molecule has 0 amide bonds. The highest BCUT2D eigenvalue weighted by atomic mass is 16.4. The summed E-state index contributed by atoms with van der Waals surface area (Å²) in [7, 11) is 0. The quantitative estimate of drug-likeness (QED) is 0.608. The van der Waals surface area contributed by atoms with E-state index in [0.29, 0.717) is 6.42 Å². The Morgan fingerprint density at radius 1 is 1.29 bits per heavy atom. The van der Waals surface area contributed by atoms with Crippen LogP contribution in [0.25, 0.3) is 0 Å². The minimum Gasteiger partial charge on any atom is -0.480 e. The average molecular weight is 197 g/mol. The lowest BCUT2D eigenvalue weighted by atomic mass is 10.0. The molecular weight excluding hydrogens is 178 g/mol. The van der Waals surface area contributed by atoms with Gasteiger partial charge >= 0.3 is 5.97 Å². The van der Waals surface area contributed by atoms with Crippen molar-refractivity contribution in [2.24, 2.45) is 5.92 Å². The van der Waals surface area contributed by atoms with Crippen LogP contribution in [-0.4, -0.2) is 11.1 Å². The molecule has 0 aliphatic rings. The molecular formula is C11H19NO2. The van der Waals surface area contributed by atoms with Crippen molar-refractivity contribution in [1.82, 2.24) is 0 Å². The summed E-state index contributed by atoms with van der Waals surface area (Å²) >= 11 is 0. The molecule has 0 heterocycles. The Kier molecular flexibility index (Phi) is 7.92. The highest BCUT2D eigenvalue weighted by Crippen LogP contribution is 2.11. The van der Waals surface area contributed by atoms with Gasteiger partial charge in [0.05, 0.1) is 6.07 Å². The molecule has 0 saturated carbocycles. The van der Waals surface area contributed by atoms with Crippen LogP contribution in [0.1, 0.15) is 51.9 Å². The number of carbonyl (C=O) groups is 1. The average Bonchev–Trinajstić information content (AvgIpc) is 2.16. The van der Waals surface area contributed by atoms with E-state index >= 15 is 0 Å². The highest BCUT2D eigenvalue weighted by molar-refractivity contribution is 5.72. The molecule has 0 saturated heterocycles. The second-order valence-corrected chi connectivity index (χ2v) is 3.58. The first-order valence-corrected chi connectivity index (χ1v) is 5.34. The Balaban J connectivity index is 3.35. The second kappa shape index (κ2) is 8.55. The predicted octanol–water partition coefficient (Wildman–Crippen LogP) is 2.96. The Morgan fingerprint density at radius 2 is 1.86 bits per heavy atom. The van der Waals surface area contributed by atoms with Crippen LogP contribution >= 0.6 is 0 Å². The lowest BCUT2D eigenvalue weighted by molar-refractivity contribution is -0.140. The van der Waals surface area contributed by atoms with Gasteiger partial charge in [0.2, 0.25) is 0 Å². The van der Waals surface area contributed by atoms with E-state index in [1.807, 2.05) is 0 Å². The van der Waals surface area contributed by atoms with Crippen LogP contribution in [0.3, 0.4) is 0 Å². The minimum absolute atomic E-state index is 0.498. The summed E-state index contributed by atoms with van der Waals surface area (Å²) in [5.41, 5.74) is 0. The first-order chi connectivity index (χ1) is 6.72. The van der Waals surface area contributed by atoms with Gasteiger partial charge in [-0.25, -0.2) is 0 Å². The third kappa shape index (κ3) is 6.47. The Hall–Kier alpha value is -1.04. The molecule has 3 nitrogen and oxygen atoms in total. The summed E-state index contributed by atoms with van der Waals surface area (Å²) in [6.07, 6.45) is 7.25. The maximum Gasteiger partial charge on any atom is 0.320 e. The van der Waals surface area contributed by atoms with Crippen LogP contribution in [0.2, 0.25) is 0 Å². The van der Waals surface area contributed by atoms with Crippen LogP contribution < -0.4 is 0 Å². The smallest absolute Gasteiger partial charge is 0.320 e. The van der Waals surface area contributed by atoms with Gasteiger partial charge in [-0.1, -0.05) is 45.4 Å². The number of carboxylic acids is 1. The van der Waals surface area contributed by atoms with Crippen LogP contribution in [-0.2, 0) is 4.79 Å². The van der Waals surface area contributed by atoms with E-state index < -0.39 is 11.9 Å². The van der Waals surface area contributed by atoms with Crippen molar-refractivity contribution in [2.75, 3.05) is 0 Å². The lowest BCUT2D eigenvalue weighted by Crippen LogP contribution is -2.10. The number of hydrogen-bond donors (Lipinski definition) is 1. The molecule has 0 fully saturated rings. The van der Waals surface area contributed by atoms with Crippen molar-refractivity contribution in [3.8, 4) is 6.07 Å². The summed E-state index contributed by atoms with van der Waals surface area (Å²) in [5.74, 6) is -1.79. The second-order valence-electron chi connectivity index (χ2n) is 3.58. The van der Waals surface area contributed by atoms with E-state index in [-0.39, 0.29) is 0 Å². The summed E-state index contributed by atoms with van der Waals surface area (Å²) < 4.78 is 0. The molecule has 0 rings (SSSR count). The van der Waals surface area contributed by atoms with Gasteiger partial charge in [-0.2, -0.15) is 5.26 Å². The molecule has 0 bridgehead atoms. The number of hydrogen-bond acceptors (Lipinski definition) is 2. The predicted molar refractivity (Wildman–Crippen MR) is 54.7 cm³/mol. The first kappa shape index (κ1) is 13.0. The van der Waals surface area contributed by atoms with Crippen LogP contribution in [0.4, 0.5) is 0 Å². The van der Waals surface area contributed by atoms with E-state index in [1.54, 1.807) is 6.07 Å². The molecule has 1 unspecified atom stereocenters. The van der Waals surface area contributed by atoms with Crippen molar-refractivity contribution < 1.29 is 9.90 Å². The molecule has 80 valence electrons. The molecule has 3 heteroatoms. The van der Waals surface area contributed by atoms with Gasteiger partial charge in [-0.15, -0.1) is 0 Å². The molecule has 0 aliphatic heterocycles. The van der Waals surface area contributed by atoms with Crippen molar-refractivity contribution in [2.45, 2.75) is 51.9 Å². The molecule has 0 aromatic rings. The van der Waals surface area contributed by atoms with Crippen molar-refractivity contribution in [3.05, 3.63) is 0 Å². The fourth-order valence-electron chi connectivity index (χ4n) is 1.37. The molecule has 0 aromatic carbocycles. The Bertz CT molecular complexity index is 196. The van der Waals surface area contributed by atoms with E-state index in [9.17, 15) is 4.79 Å². The number of carboxylic acid groups (broad SMARTS) is 1. The fourth-order valence-corrected chi connectivity index (χ4v) is 1.37. The van der Waals surface area contributed by atoms with Crippen LogP contribution in [0.15, 0.2) is 0 Å². The number of rotatable bonds is 8. The van der Waals surface area contributed by atoms with Gasteiger partial charge in [-0.05, 0) is 6.42 Å². The Morgan fingerprint density at radius 3 is 2.36 bits per heavy atom. The third-order valence-corrected chi connectivity index (χ3v) is 2.30. The number of aliphatic carboxylic acids is 1. The summed E-state index contributed by atoms with van der Waals surface area (Å²) in [6, 6.07) is 1.80. The molecule has 0 aromatic heterocycles. The third-order valence-electron chi connectivity index (χ3n) is 2.30. The van der Waals surface area contributed by atoms with Gasteiger partial charge in [0.1, 0.15) is 5.92 Å². The SMILES string of the molecule is CCCCCCCCC(C#N)C(=O)O. The zero-order chi connectivity index (χ0) is 10.8. The van der Waals surface area contributed by atoms with Crippen molar-refractivity contribution >= 4 is 5.97 Å². The number of nitriles is 1. The highest BCUT2D eigenvalue weighted by Gasteiger charge is 2.14. The molecule has 0 radical (unpaired) electrons. The van der Waals surface area contributed by atoms with E-state index in [4.69, 9.17) is 10.4 Å². The topological polar surface area (TPSA) is 61.1 Å². The van der Waals surface area contributed by atoms with Gasteiger partial charge in [0.25, 0.3) is 0 Å². The van der Waals surface area contributed by atoms with E-state index in [2.05, 4.69) is 6.92 Å². The van der Waals surface area contributed by atoms with Crippen LogP contribution in [0.5, 0.6) is 0 Å². The van der Waals surface area contributed by atoms with Gasteiger partial charge in [0, 0.05) is 0 Å². The summed E-state index contributed by atoms with van der Waals surface area (Å²) in [5, 5.41) is 17.1. The zero-order valence-corrected chi connectivity index (χ0v) is 8.83. The maximum atomic E-state index is 10.5. The fraction of sp³-hybridized carbons (Fsp3) is 0.818. The summed E-state index contributed by atoms with van der Waals surface area (Å²) in [4.78, 5) is 10.5. The minimum atomic E-state index is -0.985. The van der Waals surface area contributed by atoms with E-state index in [1.165, 1.54) is 19.3 Å². The Labute approximate surface area is 85.7 Å². The van der Waals surface area contributed by atoms with Crippen LogP contribution in [0, 0.1) is 17.2 Å². The molecule has 0 spiro atoms. The molecule has 1 N–H and O–H groups in total. The first-order valence-electron chi connectivity index (χ1n) is 5.34. The normalized spacial score (nSPS) is 12.0. The maximum absolute atomic E-state index is 10.5. The molecule has 1 atom stereocenters. The van der Waals surface area contributed by atoms with Gasteiger partial charge < -0.3 is 5.11 Å². The largest absolute Gasteiger partial charge is 0.480 e. The number of nitrogens with zero attached hydrogens (tertiary/aromatic N) is 1. The number of unbranched alkanes of at least 4 members (excludes halogenated alkanes) is 5. The summed E-state index contributed by atoms with van der Waals surface area (Å²) in [6.45, 7) is 2.16. The van der Waals surface area contributed by atoms with Crippen molar-refractivity contribution in [1.29, 1.82) is 5.26 Å². The van der Waals surface area contributed by atoms with Crippen molar-refractivity contribution in [3.63, 3.8) is 0 Å². The monoisotopic (exact) mass is 197 g/mol.